The average Bonchev–Trinajstić information content (AvgIpc) is 2.65. The number of hydrogen-bond donors (Lipinski definition) is 0. The van der Waals surface area contributed by atoms with Gasteiger partial charge in [0.05, 0.1) is 17.2 Å². The first kappa shape index (κ1) is 14.4. The van der Waals surface area contributed by atoms with Gasteiger partial charge < -0.3 is 0 Å². The van der Waals surface area contributed by atoms with E-state index in [4.69, 9.17) is 11.6 Å². The summed E-state index contributed by atoms with van der Waals surface area (Å²) in [6, 6.07) is 11.6. The van der Waals surface area contributed by atoms with Crippen LogP contribution in [-0.2, 0) is 11.2 Å². The molecule has 2 aromatic carbocycles. The van der Waals surface area contributed by atoms with Crippen LogP contribution >= 0.6 is 11.6 Å². The van der Waals surface area contributed by atoms with E-state index >= 15 is 0 Å². The van der Waals surface area contributed by atoms with Crippen molar-refractivity contribution in [2.45, 2.75) is 6.42 Å². The van der Waals surface area contributed by atoms with Crippen molar-refractivity contribution < 1.29 is 9.72 Å². The van der Waals surface area contributed by atoms with Crippen LogP contribution < -0.4 is 0 Å². The monoisotopic (exact) mass is 314 g/mol. The molecule has 3 rings (SSSR count). The van der Waals surface area contributed by atoms with Gasteiger partial charge in [0.15, 0.2) is 5.78 Å². The van der Waals surface area contributed by atoms with Crippen molar-refractivity contribution in [2.24, 2.45) is 4.99 Å². The van der Waals surface area contributed by atoms with Gasteiger partial charge in [-0.3, -0.25) is 19.9 Å². The SMILES string of the molecule is O=C1CN=C(c2ccccc2Cl)c2cc([N+](=O)[O-])ccc2C1. The van der Waals surface area contributed by atoms with Crippen LogP contribution in [0.25, 0.3) is 0 Å². The average molecular weight is 315 g/mol. The molecular weight excluding hydrogens is 304 g/mol. The normalized spacial score (nSPS) is 14.0. The number of nitro benzene ring substituents is 1. The summed E-state index contributed by atoms with van der Waals surface area (Å²) in [4.78, 5) is 26.7. The van der Waals surface area contributed by atoms with Crippen molar-refractivity contribution in [3.8, 4) is 0 Å². The third kappa shape index (κ3) is 2.63. The van der Waals surface area contributed by atoms with E-state index in [9.17, 15) is 14.9 Å². The van der Waals surface area contributed by atoms with Crippen molar-refractivity contribution in [1.29, 1.82) is 0 Å². The van der Waals surface area contributed by atoms with E-state index in [2.05, 4.69) is 4.99 Å². The number of halogens is 1. The highest BCUT2D eigenvalue weighted by atomic mass is 35.5. The van der Waals surface area contributed by atoms with Crippen molar-refractivity contribution in [3.05, 3.63) is 74.3 Å². The zero-order chi connectivity index (χ0) is 15.7. The summed E-state index contributed by atoms with van der Waals surface area (Å²) in [5.74, 6) is -0.0304. The highest BCUT2D eigenvalue weighted by Gasteiger charge is 2.22. The first-order valence-electron chi connectivity index (χ1n) is 6.65. The van der Waals surface area contributed by atoms with E-state index in [1.54, 1.807) is 24.3 Å². The molecule has 5 nitrogen and oxygen atoms in total. The van der Waals surface area contributed by atoms with E-state index in [1.807, 2.05) is 6.07 Å². The lowest BCUT2D eigenvalue weighted by Crippen LogP contribution is -2.07. The van der Waals surface area contributed by atoms with Crippen molar-refractivity contribution in [3.63, 3.8) is 0 Å². The van der Waals surface area contributed by atoms with E-state index < -0.39 is 4.92 Å². The first-order valence-corrected chi connectivity index (χ1v) is 7.03. The molecule has 0 aliphatic carbocycles. The predicted octanol–water partition coefficient (Wildman–Crippen LogP) is 3.21. The lowest BCUT2D eigenvalue weighted by atomic mass is 9.95. The Morgan fingerprint density at radius 2 is 1.91 bits per heavy atom. The van der Waals surface area contributed by atoms with Gasteiger partial charge in [0, 0.05) is 34.7 Å². The minimum atomic E-state index is -0.461. The number of carbonyl (C=O) groups is 1. The summed E-state index contributed by atoms with van der Waals surface area (Å²) in [6.45, 7) is 0.0447. The number of carbonyl (C=O) groups excluding carboxylic acids is 1. The quantitative estimate of drug-likeness (QED) is 0.631. The molecule has 110 valence electrons. The zero-order valence-electron chi connectivity index (χ0n) is 11.5. The van der Waals surface area contributed by atoms with Gasteiger partial charge >= 0.3 is 0 Å². The Labute approximate surface area is 131 Å². The maximum atomic E-state index is 11.9. The van der Waals surface area contributed by atoms with E-state index in [-0.39, 0.29) is 24.4 Å². The zero-order valence-corrected chi connectivity index (χ0v) is 12.2. The summed E-state index contributed by atoms with van der Waals surface area (Å²) >= 11 is 6.22. The molecule has 0 radical (unpaired) electrons. The van der Waals surface area contributed by atoms with E-state index in [1.165, 1.54) is 12.1 Å². The molecule has 0 saturated carbocycles. The summed E-state index contributed by atoms with van der Waals surface area (Å²) in [7, 11) is 0. The molecule has 0 fully saturated rings. The topological polar surface area (TPSA) is 72.6 Å². The number of aliphatic imine (C=N–C) groups is 1. The fourth-order valence-corrected chi connectivity index (χ4v) is 2.68. The standard InChI is InChI=1S/C16H11ClN2O3/c17-15-4-2-1-3-13(15)16-14-8-11(19(21)22)6-5-10(14)7-12(20)9-18-16/h1-6,8H,7,9H2. The highest BCUT2D eigenvalue weighted by molar-refractivity contribution is 6.35. The molecule has 0 atom stereocenters. The molecular formula is C16H11ClN2O3. The van der Waals surface area contributed by atoms with Crippen LogP contribution in [0.1, 0.15) is 16.7 Å². The molecule has 0 amide bonds. The molecule has 1 aliphatic heterocycles. The van der Waals surface area contributed by atoms with Crippen LogP contribution in [0.5, 0.6) is 0 Å². The van der Waals surface area contributed by atoms with Crippen molar-refractivity contribution in [2.75, 3.05) is 6.54 Å². The van der Waals surface area contributed by atoms with Gasteiger partial charge in [-0.1, -0.05) is 35.9 Å². The third-order valence-corrected chi connectivity index (χ3v) is 3.82. The maximum absolute atomic E-state index is 11.9. The Hall–Kier alpha value is -2.53. The highest BCUT2D eigenvalue weighted by Crippen LogP contribution is 2.27. The molecule has 1 aliphatic rings. The fourth-order valence-electron chi connectivity index (χ4n) is 2.46. The number of nitro groups is 1. The van der Waals surface area contributed by atoms with E-state index in [0.717, 1.165) is 5.56 Å². The second-order valence-corrected chi connectivity index (χ2v) is 5.37. The van der Waals surface area contributed by atoms with Crippen LogP contribution in [0.3, 0.4) is 0 Å². The lowest BCUT2D eigenvalue weighted by molar-refractivity contribution is -0.384. The van der Waals surface area contributed by atoms with Crippen molar-refractivity contribution >= 4 is 28.8 Å². The number of Topliss-reactive ketones (excluding diaryl/α,β-unsaturated/α-hetero) is 1. The largest absolute Gasteiger partial charge is 0.297 e. The molecule has 0 N–H and O–H groups in total. The molecule has 2 aromatic rings. The Morgan fingerprint density at radius 1 is 1.14 bits per heavy atom. The summed E-state index contributed by atoms with van der Waals surface area (Å²) < 4.78 is 0. The minimum absolute atomic E-state index is 0.0304. The Kier molecular flexibility index (Phi) is 3.73. The number of rotatable bonds is 2. The second-order valence-electron chi connectivity index (χ2n) is 4.96. The number of ketones is 1. The van der Waals surface area contributed by atoms with E-state index in [0.29, 0.717) is 21.9 Å². The molecule has 0 aromatic heterocycles. The molecule has 1 heterocycles. The summed E-state index contributed by atoms with van der Waals surface area (Å²) in [5, 5.41) is 11.5. The lowest BCUT2D eigenvalue weighted by Gasteiger charge is -2.10. The molecule has 0 unspecified atom stereocenters. The number of fused-ring (bicyclic) bond motifs is 1. The van der Waals surface area contributed by atoms with Crippen LogP contribution in [0, 0.1) is 10.1 Å². The van der Waals surface area contributed by atoms with Crippen molar-refractivity contribution in [1.82, 2.24) is 0 Å². The second kappa shape index (κ2) is 5.69. The van der Waals surface area contributed by atoms with Crippen LogP contribution in [-0.4, -0.2) is 23.0 Å². The van der Waals surface area contributed by atoms with Gasteiger partial charge in [0.2, 0.25) is 0 Å². The van der Waals surface area contributed by atoms with Gasteiger partial charge in [0.1, 0.15) is 0 Å². The molecule has 0 spiro atoms. The Balaban J connectivity index is 2.23. The van der Waals surface area contributed by atoms with Crippen LogP contribution in [0.15, 0.2) is 47.5 Å². The smallest absolute Gasteiger partial charge is 0.270 e. The van der Waals surface area contributed by atoms with Gasteiger partial charge in [0.25, 0.3) is 5.69 Å². The first-order chi connectivity index (χ1) is 10.6. The number of benzene rings is 2. The molecule has 6 heteroatoms. The molecule has 0 bridgehead atoms. The fraction of sp³-hybridized carbons (Fsp3) is 0.125. The van der Waals surface area contributed by atoms with Gasteiger partial charge in [-0.25, -0.2) is 0 Å². The summed E-state index contributed by atoms with van der Waals surface area (Å²) in [6.07, 6.45) is 0.213. The predicted molar refractivity (Wildman–Crippen MR) is 83.8 cm³/mol. The Bertz CT molecular complexity index is 815. The molecule has 22 heavy (non-hydrogen) atoms. The van der Waals surface area contributed by atoms with Gasteiger partial charge in [-0.05, 0) is 11.6 Å². The Morgan fingerprint density at radius 3 is 2.64 bits per heavy atom. The summed E-state index contributed by atoms with van der Waals surface area (Å²) in [5.41, 5.74) is 2.48. The molecule has 0 saturated heterocycles. The number of non-ortho nitro benzene ring substituents is 1. The third-order valence-electron chi connectivity index (χ3n) is 3.49. The number of hydrogen-bond acceptors (Lipinski definition) is 4. The minimum Gasteiger partial charge on any atom is -0.297 e. The van der Waals surface area contributed by atoms with Gasteiger partial charge in [-0.2, -0.15) is 0 Å². The van der Waals surface area contributed by atoms with Crippen LogP contribution in [0.4, 0.5) is 5.69 Å². The maximum Gasteiger partial charge on any atom is 0.270 e. The van der Waals surface area contributed by atoms with Gasteiger partial charge in [-0.15, -0.1) is 0 Å². The van der Waals surface area contributed by atoms with Crippen LogP contribution in [0.2, 0.25) is 5.02 Å². The number of nitrogens with zero attached hydrogens (tertiary/aromatic N) is 2.